The number of nitrogens with one attached hydrogen (secondary N) is 2. The van der Waals surface area contributed by atoms with Crippen LogP contribution in [0.2, 0.25) is 0 Å². The summed E-state index contributed by atoms with van der Waals surface area (Å²) in [5.74, 6) is -0.542. The summed E-state index contributed by atoms with van der Waals surface area (Å²) in [7, 11) is 0. The van der Waals surface area contributed by atoms with Crippen molar-refractivity contribution in [3.63, 3.8) is 0 Å². The van der Waals surface area contributed by atoms with Gasteiger partial charge in [-0.2, -0.15) is 0 Å². The largest absolute Gasteiger partial charge is 0.366 e. The van der Waals surface area contributed by atoms with Crippen molar-refractivity contribution in [2.24, 2.45) is 5.73 Å². The first-order valence-electron chi connectivity index (χ1n) is 9.95. The number of aromatic nitrogens is 2. The summed E-state index contributed by atoms with van der Waals surface area (Å²) in [6.45, 7) is 2.03. The fraction of sp³-hybridized carbons (Fsp3) is 0.550. The number of likely N-dealkylation sites (tertiary alicyclic amines) is 1. The molecule has 1 aromatic carbocycles. The SMILES string of the molecule is NC(=O)c1cccc2[nH]c(C(=O)NC3CCCN(C4CCCCC4)C3)nc12. The van der Waals surface area contributed by atoms with Gasteiger partial charge in [-0.05, 0) is 44.4 Å². The molecule has 2 fully saturated rings. The van der Waals surface area contributed by atoms with Gasteiger partial charge in [-0.1, -0.05) is 25.3 Å². The Labute approximate surface area is 158 Å². The van der Waals surface area contributed by atoms with Crippen LogP contribution in [0.3, 0.4) is 0 Å². The average Bonchev–Trinajstić information content (AvgIpc) is 3.13. The molecule has 2 aromatic rings. The number of amides is 2. The minimum absolute atomic E-state index is 0.136. The molecule has 1 aromatic heterocycles. The van der Waals surface area contributed by atoms with E-state index in [1.165, 1.54) is 32.1 Å². The number of hydrogen-bond acceptors (Lipinski definition) is 4. The minimum atomic E-state index is -0.547. The van der Waals surface area contributed by atoms with Gasteiger partial charge < -0.3 is 16.0 Å². The monoisotopic (exact) mass is 369 g/mol. The number of primary amides is 1. The number of carbonyl (C=O) groups excluding carboxylic acids is 2. The normalized spacial score (nSPS) is 22.0. The van der Waals surface area contributed by atoms with E-state index in [2.05, 4.69) is 20.2 Å². The van der Waals surface area contributed by atoms with Crippen LogP contribution in [0.15, 0.2) is 18.2 Å². The van der Waals surface area contributed by atoms with E-state index < -0.39 is 5.91 Å². The lowest BCUT2D eigenvalue weighted by Gasteiger charge is -2.40. The molecule has 1 saturated carbocycles. The number of piperidine rings is 1. The van der Waals surface area contributed by atoms with Crippen molar-refractivity contribution >= 4 is 22.8 Å². The summed E-state index contributed by atoms with van der Waals surface area (Å²) >= 11 is 0. The number of carbonyl (C=O) groups is 2. The Bertz CT molecular complexity index is 840. The van der Waals surface area contributed by atoms with Gasteiger partial charge in [0.25, 0.3) is 11.8 Å². The fourth-order valence-electron chi connectivity index (χ4n) is 4.49. The third-order valence-electron chi connectivity index (χ3n) is 5.87. The van der Waals surface area contributed by atoms with Gasteiger partial charge in [0.2, 0.25) is 0 Å². The first-order valence-corrected chi connectivity index (χ1v) is 9.95. The van der Waals surface area contributed by atoms with Crippen LogP contribution in [0.4, 0.5) is 0 Å². The molecule has 27 heavy (non-hydrogen) atoms. The van der Waals surface area contributed by atoms with Crippen molar-refractivity contribution in [1.29, 1.82) is 0 Å². The second kappa shape index (κ2) is 7.68. The van der Waals surface area contributed by atoms with E-state index in [0.29, 0.717) is 22.6 Å². The average molecular weight is 369 g/mol. The third kappa shape index (κ3) is 3.83. The van der Waals surface area contributed by atoms with E-state index in [0.717, 1.165) is 25.9 Å². The predicted molar refractivity (Wildman–Crippen MR) is 104 cm³/mol. The van der Waals surface area contributed by atoms with E-state index in [1.54, 1.807) is 18.2 Å². The van der Waals surface area contributed by atoms with E-state index in [1.807, 2.05) is 0 Å². The van der Waals surface area contributed by atoms with Crippen LogP contribution in [-0.2, 0) is 0 Å². The molecule has 1 aliphatic carbocycles. The maximum Gasteiger partial charge on any atom is 0.287 e. The number of hydrogen-bond donors (Lipinski definition) is 3. The molecule has 144 valence electrons. The van der Waals surface area contributed by atoms with Gasteiger partial charge in [-0.15, -0.1) is 0 Å². The Balaban J connectivity index is 1.44. The van der Waals surface area contributed by atoms with E-state index >= 15 is 0 Å². The smallest absolute Gasteiger partial charge is 0.287 e. The summed E-state index contributed by atoms with van der Waals surface area (Å²) in [6, 6.07) is 5.94. The number of fused-ring (bicyclic) bond motifs is 1. The molecule has 7 heteroatoms. The number of benzene rings is 1. The highest BCUT2D eigenvalue weighted by molar-refractivity contribution is 6.05. The number of nitrogens with two attached hydrogens (primary N) is 1. The molecule has 1 saturated heterocycles. The molecule has 0 spiro atoms. The highest BCUT2D eigenvalue weighted by Gasteiger charge is 2.28. The third-order valence-corrected chi connectivity index (χ3v) is 5.87. The molecular weight excluding hydrogens is 342 g/mol. The van der Waals surface area contributed by atoms with Crippen molar-refractivity contribution < 1.29 is 9.59 Å². The maximum absolute atomic E-state index is 12.7. The van der Waals surface area contributed by atoms with Crippen LogP contribution in [0, 0.1) is 0 Å². The molecule has 2 aliphatic rings. The quantitative estimate of drug-likeness (QED) is 0.768. The zero-order valence-electron chi connectivity index (χ0n) is 15.5. The molecule has 1 unspecified atom stereocenters. The van der Waals surface area contributed by atoms with Gasteiger partial charge in [0.05, 0.1) is 11.1 Å². The van der Waals surface area contributed by atoms with Crippen LogP contribution < -0.4 is 11.1 Å². The highest BCUT2D eigenvalue weighted by atomic mass is 16.2. The number of rotatable bonds is 4. The molecule has 7 nitrogen and oxygen atoms in total. The van der Waals surface area contributed by atoms with Crippen molar-refractivity contribution in [3.05, 3.63) is 29.6 Å². The molecule has 1 aliphatic heterocycles. The molecule has 4 N–H and O–H groups in total. The summed E-state index contributed by atoms with van der Waals surface area (Å²) < 4.78 is 0. The van der Waals surface area contributed by atoms with E-state index in [9.17, 15) is 9.59 Å². The van der Waals surface area contributed by atoms with Crippen LogP contribution in [0.25, 0.3) is 11.0 Å². The van der Waals surface area contributed by atoms with E-state index in [4.69, 9.17) is 5.73 Å². The number of nitrogens with zero attached hydrogens (tertiary/aromatic N) is 2. The Morgan fingerprint density at radius 3 is 2.74 bits per heavy atom. The van der Waals surface area contributed by atoms with Gasteiger partial charge in [0.15, 0.2) is 5.82 Å². The van der Waals surface area contributed by atoms with Crippen LogP contribution in [-0.4, -0.2) is 51.9 Å². The number of aromatic amines is 1. The molecule has 2 amide bonds. The van der Waals surface area contributed by atoms with Gasteiger partial charge in [0.1, 0.15) is 5.52 Å². The minimum Gasteiger partial charge on any atom is -0.366 e. The Kier molecular flexibility index (Phi) is 5.11. The second-order valence-corrected chi connectivity index (χ2v) is 7.75. The van der Waals surface area contributed by atoms with Gasteiger partial charge >= 0.3 is 0 Å². The molecule has 0 radical (unpaired) electrons. The Morgan fingerprint density at radius 1 is 1.15 bits per heavy atom. The summed E-state index contributed by atoms with van der Waals surface area (Å²) in [5, 5.41) is 3.12. The number of H-pyrrole nitrogens is 1. The summed E-state index contributed by atoms with van der Waals surface area (Å²) in [5.41, 5.74) is 6.81. The van der Waals surface area contributed by atoms with Crippen LogP contribution >= 0.6 is 0 Å². The summed E-state index contributed by atoms with van der Waals surface area (Å²) in [6.07, 6.45) is 8.64. The van der Waals surface area contributed by atoms with E-state index in [-0.39, 0.29) is 17.8 Å². The fourth-order valence-corrected chi connectivity index (χ4v) is 4.49. The van der Waals surface area contributed by atoms with Crippen molar-refractivity contribution in [2.75, 3.05) is 13.1 Å². The van der Waals surface area contributed by atoms with Crippen LogP contribution in [0.5, 0.6) is 0 Å². The number of imidazole rings is 1. The molecular formula is C20H27N5O2. The summed E-state index contributed by atoms with van der Waals surface area (Å²) in [4.78, 5) is 34.2. The van der Waals surface area contributed by atoms with Crippen molar-refractivity contribution in [3.8, 4) is 0 Å². The highest BCUT2D eigenvalue weighted by Crippen LogP contribution is 2.25. The topological polar surface area (TPSA) is 104 Å². The standard InChI is InChI=1S/C20H27N5O2/c21-18(26)15-9-4-10-16-17(15)24-19(23-16)20(27)22-13-6-5-11-25(12-13)14-7-2-1-3-8-14/h4,9-10,13-14H,1-3,5-8,11-12H2,(H2,21,26)(H,22,27)(H,23,24). The molecule has 1 atom stereocenters. The zero-order valence-corrected chi connectivity index (χ0v) is 15.5. The lowest BCUT2D eigenvalue weighted by atomic mass is 9.92. The molecule has 0 bridgehead atoms. The maximum atomic E-state index is 12.7. The lowest BCUT2D eigenvalue weighted by molar-refractivity contribution is 0.0827. The Hall–Kier alpha value is -2.41. The Morgan fingerprint density at radius 2 is 1.96 bits per heavy atom. The number of para-hydroxylation sites is 1. The molecule has 4 rings (SSSR count). The van der Waals surface area contributed by atoms with Gasteiger partial charge in [-0.3, -0.25) is 14.5 Å². The zero-order chi connectivity index (χ0) is 18.8. The van der Waals surface area contributed by atoms with Crippen LogP contribution in [0.1, 0.15) is 65.9 Å². The van der Waals surface area contributed by atoms with Gasteiger partial charge in [-0.25, -0.2) is 4.98 Å². The van der Waals surface area contributed by atoms with Crippen molar-refractivity contribution in [1.82, 2.24) is 20.2 Å². The second-order valence-electron chi connectivity index (χ2n) is 7.75. The predicted octanol–water partition coefficient (Wildman–Crippen LogP) is 2.19. The van der Waals surface area contributed by atoms with Crippen molar-refractivity contribution in [2.45, 2.75) is 57.0 Å². The lowest BCUT2D eigenvalue weighted by Crippen LogP contribution is -2.51. The van der Waals surface area contributed by atoms with Gasteiger partial charge in [0, 0.05) is 18.6 Å². The first kappa shape index (κ1) is 18.0. The first-order chi connectivity index (χ1) is 13.1. The molecule has 2 heterocycles.